The molecule has 3 nitrogen and oxygen atoms in total. The first-order valence-corrected chi connectivity index (χ1v) is 6.69. The van der Waals surface area contributed by atoms with Crippen LogP contribution in [0.5, 0.6) is 0 Å². The second-order valence-electron chi connectivity index (χ2n) is 5.58. The van der Waals surface area contributed by atoms with E-state index in [2.05, 4.69) is 24.1 Å². The molecule has 1 amide bonds. The Morgan fingerprint density at radius 2 is 2.06 bits per heavy atom. The third-order valence-corrected chi connectivity index (χ3v) is 4.02. The normalized spacial score (nSPS) is 33.3. The molecule has 0 aromatic rings. The summed E-state index contributed by atoms with van der Waals surface area (Å²) in [5.41, 5.74) is 0. The van der Waals surface area contributed by atoms with Gasteiger partial charge in [-0.25, -0.2) is 0 Å². The second-order valence-corrected chi connectivity index (χ2v) is 5.58. The molecule has 2 rings (SSSR count). The SMILES string of the molecule is CC1CCC(C)N(C(=O)CC2CCCN2)C1.Cl. The van der Waals surface area contributed by atoms with Crippen LogP contribution in [0.4, 0.5) is 0 Å². The largest absolute Gasteiger partial charge is 0.340 e. The molecule has 0 saturated carbocycles. The molecule has 3 unspecified atom stereocenters. The second kappa shape index (κ2) is 6.60. The van der Waals surface area contributed by atoms with Crippen molar-refractivity contribution in [1.82, 2.24) is 10.2 Å². The standard InChI is InChI=1S/C13H24N2O.ClH/c1-10-5-6-11(2)15(9-10)13(16)8-12-4-3-7-14-12;/h10-12,14H,3-9H2,1-2H3;1H. The summed E-state index contributed by atoms with van der Waals surface area (Å²) in [4.78, 5) is 14.3. The Hall–Kier alpha value is -0.280. The van der Waals surface area contributed by atoms with Crippen molar-refractivity contribution >= 4 is 18.3 Å². The molecule has 0 aromatic heterocycles. The van der Waals surface area contributed by atoms with Crippen LogP contribution < -0.4 is 5.32 Å². The van der Waals surface area contributed by atoms with Crippen LogP contribution in [0.3, 0.4) is 0 Å². The van der Waals surface area contributed by atoms with Gasteiger partial charge in [0.2, 0.25) is 5.91 Å². The predicted molar refractivity (Wildman–Crippen MR) is 72.5 cm³/mol. The summed E-state index contributed by atoms with van der Waals surface area (Å²) in [6.07, 6.45) is 5.54. The molecule has 100 valence electrons. The number of nitrogens with one attached hydrogen (secondary N) is 1. The van der Waals surface area contributed by atoms with Crippen molar-refractivity contribution < 1.29 is 4.79 Å². The molecular weight excluding hydrogens is 236 g/mol. The summed E-state index contributed by atoms with van der Waals surface area (Å²) in [6.45, 7) is 6.49. The highest BCUT2D eigenvalue weighted by Gasteiger charge is 2.28. The first-order chi connectivity index (χ1) is 7.66. The first-order valence-electron chi connectivity index (χ1n) is 6.69. The number of piperidine rings is 1. The zero-order chi connectivity index (χ0) is 11.5. The molecule has 0 radical (unpaired) electrons. The van der Waals surface area contributed by atoms with Crippen molar-refractivity contribution in [3.63, 3.8) is 0 Å². The van der Waals surface area contributed by atoms with Crippen molar-refractivity contribution in [1.29, 1.82) is 0 Å². The molecule has 2 heterocycles. The van der Waals surface area contributed by atoms with Gasteiger partial charge in [0.1, 0.15) is 0 Å². The van der Waals surface area contributed by atoms with E-state index in [0.29, 0.717) is 30.3 Å². The third-order valence-electron chi connectivity index (χ3n) is 4.02. The Balaban J connectivity index is 0.00000144. The van der Waals surface area contributed by atoms with Crippen LogP contribution in [0.25, 0.3) is 0 Å². The van der Waals surface area contributed by atoms with Crippen molar-refractivity contribution in [3.8, 4) is 0 Å². The highest BCUT2D eigenvalue weighted by atomic mass is 35.5. The number of nitrogens with zero attached hydrogens (tertiary/aromatic N) is 1. The Labute approximate surface area is 111 Å². The number of halogens is 1. The molecule has 2 fully saturated rings. The molecule has 0 aromatic carbocycles. The van der Waals surface area contributed by atoms with Crippen molar-refractivity contribution in [2.75, 3.05) is 13.1 Å². The van der Waals surface area contributed by atoms with Crippen LogP contribution in [0.1, 0.15) is 46.0 Å². The predicted octanol–water partition coefficient (Wildman–Crippen LogP) is 2.20. The van der Waals surface area contributed by atoms with Gasteiger partial charge in [-0.15, -0.1) is 12.4 Å². The molecule has 0 spiro atoms. The monoisotopic (exact) mass is 260 g/mol. The molecular formula is C13H25ClN2O. The lowest BCUT2D eigenvalue weighted by atomic mass is 9.94. The lowest BCUT2D eigenvalue weighted by Gasteiger charge is -2.37. The van der Waals surface area contributed by atoms with Crippen LogP contribution in [0.15, 0.2) is 0 Å². The number of hydrogen-bond donors (Lipinski definition) is 1. The fourth-order valence-electron chi connectivity index (χ4n) is 2.90. The van der Waals surface area contributed by atoms with Gasteiger partial charge in [0.25, 0.3) is 0 Å². The van der Waals surface area contributed by atoms with Gasteiger partial charge in [0.15, 0.2) is 0 Å². The van der Waals surface area contributed by atoms with E-state index < -0.39 is 0 Å². The van der Waals surface area contributed by atoms with E-state index >= 15 is 0 Å². The van der Waals surface area contributed by atoms with Crippen molar-refractivity contribution in [3.05, 3.63) is 0 Å². The minimum atomic E-state index is 0. The maximum Gasteiger partial charge on any atom is 0.224 e. The summed E-state index contributed by atoms with van der Waals surface area (Å²) in [5.74, 6) is 1.04. The Kier molecular flexibility index (Phi) is 5.74. The zero-order valence-electron chi connectivity index (χ0n) is 10.9. The highest BCUT2D eigenvalue weighted by Crippen LogP contribution is 2.23. The van der Waals surface area contributed by atoms with Crippen molar-refractivity contribution in [2.24, 2.45) is 5.92 Å². The molecule has 2 aliphatic rings. The van der Waals surface area contributed by atoms with E-state index in [1.807, 2.05) is 0 Å². The summed E-state index contributed by atoms with van der Waals surface area (Å²) < 4.78 is 0. The lowest BCUT2D eigenvalue weighted by Crippen LogP contribution is -2.46. The van der Waals surface area contributed by atoms with Gasteiger partial charge in [-0.1, -0.05) is 6.92 Å². The summed E-state index contributed by atoms with van der Waals surface area (Å²) in [5, 5.41) is 3.41. The van der Waals surface area contributed by atoms with E-state index in [4.69, 9.17) is 0 Å². The van der Waals surface area contributed by atoms with E-state index in [1.54, 1.807) is 0 Å². The molecule has 0 aliphatic carbocycles. The Morgan fingerprint density at radius 3 is 2.71 bits per heavy atom. The maximum atomic E-state index is 12.2. The van der Waals surface area contributed by atoms with E-state index in [1.165, 1.54) is 25.7 Å². The number of hydrogen-bond acceptors (Lipinski definition) is 2. The quantitative estimate of drug-likeness (QED) is 0.826. The number of likely N-dealkylation sites (tertiary alicyclic amines) is 1. The van der Waals surface area contributed by atoms with E-state index in [-0.39, 0.29) is 12.4 Å². The fourth-order valence-corrected chi connectivity index (χ4v) is 2.90. The van der Waals surface area contributed by atoms with Crippen LogP contribution in [-0.2, 0) is 4.79 Å². The van der Waals surface area contributed by atoms with Gasteiger partial charge in [-0.05, 0) is 45.1 Å². The van der Waals surface area contributed by atoms with Gasteiger partial charge in [-0.2, -0.15) is 0 Å². The van der Waals surface area contributed by atoms with Crippen LogP contribution in [0, 0.1) is 5.92 Å². The average molecular weight is 261 g/mol. The molecule has 17 heavy (non-hydrogen) atoms. The fraction of sp³-hybridized carbons (Fsp3) is 0.923. The molecule has 0 bridgehead atoms. The zero-order valence-corrected chi connectivity index (χ0v) is 11.8. The Morgan fingerprint density at radius 1 is 1.29 bits per heavy atom. The van der Waals surface area contributed by atoms with Crippen LogP contribution in [-0.4, -0.2) is 36.0 Å². The first kappa shape index (κ1) is 14.8. The minimum absolute atomic E-state index is 0. The number of carbonyl (C=O) groups is 1. The van der Waals surface area contributed by atoms with Crippen LogP contribution >= 0.6 is 12.4 Å². The smallest absolute Gasteiger partial charge is 0.224 e. The minimum Gasteiger partial charge on any atom is -0.340 e. The van der Waals surface area contributed by atoms with E-state index in [0.717, 1.165) is 13.1 Å². The molecule has 1 N–H and O–H groups in total. The molecule has 3 atom stereocenters. The van der Waals surface area contributed by atoms with Gasteiger partial charge in [0.05, 0.1) is 0 Å². The molecule has 2 saturated heterocycles. The van der Waals surface area contributed by atoms with E-state index in [9.17, 15) is 4.79 Å². The van der Waals surface area contributed by atoms with Crippen LogP contribution in [0.2, 0.25) is 0 Å². The molecule has 4 heteroatoms. The van der Waals surface area contributed by atoms with Gasteiger partial charge in [0, 0.05) is 25.0 Å². The summed E-state index contributed by atoms with van der Waals surface area (Å²) >= 11 is 0. The summed E-state index contributed by atoms with van der Waals surface area (Å²) in [7, 11) is 0. The average Bonchev–Trinajstić information content (AvgIpc) is 2.74. The Bertz CT molecular complexity index is 254. The van der Waals surface area contributed by atoms with Crippen molar-refractivity contribution in [2.45, 2.75) is 58.0 Å². The maximum absolute atomic E-state index is 12.2. The summed E-state index contributed by atoms with van der Waals surface area (Å²) in [6, 6.07) is 0.891. The number of rotatable bonds is 2. The van der Waals surface area contributed by atoms with Gasteiger partial charge in [-0.3, -0.25) is 4.79 Å². The van der Waals surface area contributed by atoms with Gasteiger partial charge < -0.3 is 10.2 Å². The van der Waals surface area contributed by atoms with Gasteiger partial charge >= 0.3 is 0 Å². The lowest BCUT2D eigenvalue weighted by molar-refractivity contribution is -0.135. The topological polar surface area (TPSA) is 32.3 Å². The number of carbonyl (C=O) groups excluding carboxylic acids is 1. The molecule has 2 aliphatic heterocycles. The number of amides is 1. The highest BCUT2D eigenvalue weighted by molar-refractivity contribution is 5.85. The third kappa shape index (κ3) is 3.85.